The van der Waals surface area contributed by atoms with E-state index < -0.39 is 0 Å². The Morgan fingerprint density at radius 3 is 2.74 bits per heavy atom. The molecule has 0 unspecified atom stereocenters. The fourth-order valence-corrected chi connectivity index (χ4v) is 2.64. The van der Waals surface area contributed by atoms with Gasteiger partial charge in [0.25, 0.3) is 0 Å². The molecular formula is C17H18HoN-. The van der Waals surface area contributed by atoms with Gasteiger partial charge >= 0.3 is 0 Å². The van der Waals surface area contributed by atoms with E-state index in [1.165, 1.54) is 40.2 Å². The molecule has 103 valence electrons. The normalized spacial score (nSPS) is 10.8. The molecule has 0 atom stereocenters. The van der Waals surface area contributed by atoms with Crippen molar-refractivity contribution in [2.24, 2.45) is 7.05 Å². The summed E-state index contributed by atoms with van der Waals surface area (Å²) in [6, 6.07) is 16.5. The molecule has 1 heterocycles. The first-order valence-corrected chi connectivity index (χ1v) is 6.69. The summed E-state index contributed by atoms with van der Waals surface area (Å²) in [4.78, 5) is 0. The number of rotatable bonds is 3. The summed E-state index contributed by atoms with van der Waals surface area (Å²) >= 11 is 0. The van der Waals surface area contributed by atoms with Gasteiger partial charge in [-0.1, -0.05) is 49.8 Å². The molecule has 0 fully saturated rings. The van der Waals surface area contributed by atoms with Crippen molar-refractivity contribution in [2.75, 3.05) is 0 Å². The van der Waals surface area contributed by atoms with E-state index in [1.54, 1.807) is 0 Å². The Morgan fingerprint density at radius 1 is 1.16 bits per heavy atom. The Bertz CT molecular complexity index is 697. The molecule has 0 spiro atoms. The van der Waals surface area contributed by atoms with E-state index >= 15 is 0 Å². The minimum atomic E-state index is 0. The van der Waals surface area contributed by atoms with Crippen LogP contribution in [0.1, 0.15) is 25.3 Å². The van der Waals surface area contributed by atoms with E-state index in [0.29, 0.717) is 0 Å². The Kier molecular flexibility index (Phi) is 4.94. The van der Waals surface area contributed by atoms with Crippen LogP contribution >= 0.6 is 0 Å². The van der Waals surface area contributed by atoms with Crippen LogP contribution in [0.2, 0.25) is 0 Å². The van der Waals surface area contributed by atoms with E-state index in [9.17, 15) is 0 Å². The third-order valence-electron chi connectivity index (χ3n) is 3.70. The van der Waals surface area contributed by atoms with Crippen molar-refractivity contribution in [1.82, 2.24) is 4.57 Å². The zero-order valence-electron chi connectivity index (χ0n) is 11.3. The van der Waals surface area contributed by atoms with E-state index in [4.69, 9.17) is 0 Å². The molecule has 0 saturated carbocycles. The summed E-state index contributed by atoms with van der Waals surface area (Å²) in [7, 11) is 2.14. The van der Waals surface area contributed by atoms with E-state index in [-0.39, 0.29) is 37.7 Å². The maximum Gasteiger partial charge on any atom is 0.00119 e. The van der Waals surface area contributed by atoms with Crippen molar-refractivity contribution < 1.29 is 37.7 Å². The third-order valence-corrected chi connectivity index (χ3v) is 3.70. The average molecular weight is 401 g/mol. The Hall–Kier alpha value is -0.500. The number of unbranched alkanes of at least 4 members (excludes halogenated alkanes) is 1. The number of para-hydroxylation sites is 1. The van der Waals surface area contributed by atoms with Crippen LogP contribution in [-0.2, 0) is 13.5 Å². The quantitative estimate of drug-likeness (QED) is 0.451. The monoisotopic (exact) mass is 401 g/mol. The number of aromatic nitrogens is 1. The van der Waals surface area contributed by atoms with Crippen LogP contribution in [0.15, 0.2) is 36.4 Å². The number of nitrogens with zero attached hydrogens (tertiary/aromatic N) is 1. The van der Waals surface area contributed by atoms with Gasteiger partial charge in [0.15, 0.2) is 0 Å². The van der Waals surface area contributed by atoms with Gasteiger partial charge in [-0.05, 0) is 17.1 Å². The smallest absolute Gasteiger partial charge is 0.00119 e. The predicted octanol–water partition coefficient (Wildman–Crippen LogP) is 4.47. The van der Waals surface area contributed by atoms with Gasteiger partial charge in [0.1, 0.15) is 0 Å². The fraction of sp³-hybridized carbons (Fsp3) is 0.294. The van der Waals surface area contributed by atoms with Crippen molar-refractivity contribution in [3.8, 4) is 0 Å². The molecule has 2 aromatic carbocycles. The molecular weight excluding hydrogens is 383 g/mol. The average Bonchev–Trinajstić information content (AvgIpc) is 2.71. The minimum Gasteiger partial charge on any atom is -0.392 e. The molecule has 3 aromatic rings. The molecule has 0 aliphatic heterocycles. The molecule has 0 amide bonds. The van der Waals surface area contributed by atoms with Crippen molar-refractivity contribution in [1.29, 1.82) is 0 Å². The molecule has 3 rings (SSSR count). The van der Waals surface area contributed by atoms with E-state index in [2.05, 4.69) is 61.0 Å². The van der Waals surface area contributed by atoms with Crippen LogP contribution in [0.5, 0.6) is 0 Å². The van der Waals surface area contributed by atoms with Crippen LogP contribution in [-0.4, -0.2) is 4.57 Å². The first kappa shape index (κ1) is 14.9. The minimum absolute atomic E-state index is 0. The van der Waals surface area contributed by atoms with Gasteiger partial charge in [-0.25, -0.2) is 0 Å². The number of aryl methyl sites for hydroxylation is 2. The molecule has 0 N–H and O–H groups in total. The second-order valence-electron chi connectivity index (χ2n) is 4.95. The van der Waals surface area contributed by atoms with Crippen LogP contribution in [0.25, 0.3) is 21.8 Å². The van der Waals surface area contributed by atoms with E-state index in [0.717, 1.165) is 6.42 Å². The number of fused-ring (bicyclic) bond motifs is 3. The molecule has 1 radical (unpaired) electrons. The SMILES string of the molecule is CCCCc1c[c-]c2c3ccccc3n(C)c2c1.[Ho]. The van der Waals surface area contributed by atoms with Gasteiger partial charge < -0.3 is 4.57 Å². The van der Waals surface area contributed by atoms with Gasteiger partial charge in [0.05, 0.1) is 0 Å². The zero-order chi connectivity index (χ0) is 12.5. The molecule has 1 aromatic heterocycles. The van der Waals surface area contributed by atoms with Gasteiger partial charge in [-0.2, -0.15) is 0 Å². The third kappa shape index (κ3) is 2.69. The molecule has 0 aliphatic rings. The summed E-state index contributed by atoms with van der Waals surface area (Å²) in [5.74, 6) is 0. The Labute approximate surface area is 144 Å². The number of hydrogen-bond donors (Lipinski definition) is 0. The molecule has 0 aliphatic carbocycles. The van der Waals surface area contributed by atoms with Crippen LogP contribution in [0.3, 0.4) is 0 Å². The fourth-order valence-electron chi connectivity index (χ4n) is 2.64. The molecule has 2 heteroatoms. The maximum atomic E-state index is 3.47. The Balaban J connectivity index is 0.00000133. The summed E-state index contributed by atoms with van der Waals surface area (Å²) in [5.41, 5.74) is 3.98. The molecule has 19 heavy (non-hydrogen) atoms. The van der Waals surface area contributed by atoms with Crippen LogP contribution in [0.4, 0.5) is 0 Å². The van der Waals surface area contributed by atoms with Gasteiger partial charge in [0.2, 0.25) is 0 Å². The Morgan fingerprint density at radius 2 is 1.95 bits per heavy atom. The van der Waals surface area contributed by atoms with Gasteiger partial charge in [-0.3, -0.25) is 0 Å². The number of benzene rings is 2. The topological polar surface area (TPSA) is 4.93 Å². The van der Waals surface area contributed by atoms with Crippen molar-refractivity contribution in [2.45, 2.75) is 26.2 Å². The van der Waals surface area contributed by atoms with Crippen molar-refractivity contribution in [3.63, 3.8) is 0 Å². The van der Waals surface area contributed by atoms with Crippen molar-refractivity contribution in [3.05, 3.63) is 48.0 Å². The second-order valence-corrected chi connectivity index (χ2v) is 4.95. The summed E-state index contributed by atoms with van der Waals surface area (Å²) in [5, 5.41) is 2.55. The standard InChI is InChI=1S/C17H18N.Ho/c1-3-4-7-13-10-11-15-14-8-5-6-9-16(14)18(2)17(15)12-13;/h5-6,8-10,12H,3-4,7H2,1-2H3;/q-1;. The molecule has 1 nitrogen and oxygen atoms in total. The number of hydrogen-bond acceptors (Lipinski definition) is 0. The summed E-state index contributed by atoms with van der Waals surface area (Å²) in [6.07, 6.45) is 3.65. The van der Waals surface area contributed by atoms with Gasteiger partial charge in [-0.15, -0.1) is 29.1 Å². The predicted molar refractivity (Wildman–Crippen MR) is 77.9 cm³/mol. The largest absolute Gasteiger partial charge is 0.392 e. The first-order valence-electron chi connectivity index (χ1n) is 6.69. The van der Waals surface area contributed by atoms with Crippen molar-refractivity contribution >= 4 is 21.8 Å². The van der Waals surface area contributed by atoms with Crippen LogP contribution < -0.4 is 0 Å². The maximum absolute atomic E-state index is 3.47. The van der Waals surface area contributed by atoms with Gasteiger partial charge in [0, 0.05) is 44.8 Å². The van der Waals surface area contributed by atoms with Crippen LogP contribution in [0, 0.1) is 43.8 Å². The molecule has 0 bridgehead atoms. The summed E-state index contributed by atoms with van der Waals surface area (Å²) < 4.78 is 2.27. The zero-order valence-corrected chi connectivity index (χ0v) is 13.3. The summed E-state index contributed by atoms with van der Waals surface area (Å²) in [6.45, 7) is 2.24. The first-order chi connectivity index (χ1) is 8.81. The van der Waals surface area contributed by atoms with E-state index in [1.807, 2.05) is 0 Å². The molecule has 0 saturated heterocycles. The second kappa shape index (κ2) is 6.30.